The fourth-order valence-electron chi connectivity index (χ4n) is 1.11. The first-order valence-electron chi connectivity index (χ1n) is 3.89. The molecule has 66 valence electrons. The largest absolute Gasteiger partial charge is 0.424 e. The molecule has 0 fully saturated rings. The third kappa shape index (κ3) is 1.51. The molecule has 2 aromatic heterocycles. The molecule has 0 aliphatic heterocycles. The topological polar surface area (TPSA) is 64.9 Å². The summed E-state index contributed by atoms with van der Waals surface area (Å²) in [7, 11) is 0. The number of oxazole rings is 1. The Morgan fingerprint density at radius 1 is 1.31 bits per heavy atom. The first-order valence-corrected chi connectivity index (χ1v) is 3.89. The van der Waals surface area contributed by atoms with Crippen LogP contribution in [-0.4, -0.2) is 9.97 Å². The average molecular weight is 175 g/mol. The highest BCUT2D eigenvalue weighted by atomic mass is 16.4. The molecule has 0 unspecified atom stereocenters. The predicted octanol–water partition coefficient (Wildman–Crippen LogP) is 1.63. The summed E-state index contributed by atoms with van der Waals surface area (Å²) in [6.07, 6.45) is 5.09. The van der Waals surface area contributed by atoms with Gasteiger partial charge in [0.15, 0.2) is 5.76 Å². The Morgan fingerprint density at radius 3 is 2.77 bits per heavy atom. The van der Waals surface area contributed by atoms with Crippen LogP contribution in [0, 0.1) is 6.92 Å². The molecule has 13 heavy (non-hydrogen) atoms. The molecule has 0 saturated carbocycles. The van der Waals surface area contributed by atoms with Gasteiger partial charge in [0, 0.05) is 18.0 Å². The van der Waals surface area contributed by atoms with Crippen molar-refractivity contribution in [3.8, 4) is 11.3 Å². The second-order valence-electron chi connectivity index (χ2n) is 2.81. The van der Waals surface area contributed by atoms with E-state index in [0.717, 1.165) is 11.1 Å². The lowest BCUT2D eigenvalue weighted by molar-refractivity contribution is 0.594. The Kier molecular flexibility index (Phi) is 1.73. The van der Waals surface area contributed by atoms with Crippen molar-refractivity contribution in [3.05, 3.63) is 30.2 Å². The standard InChI is InChI=1S/C9H9N3O/c1-6-2-7(4-11-3-6)8-5-12-9(10)13-8/h2-5H,1H3,(H2,10,12). The first kappa shape index (κ1) is 7.79. The number of hydrogen-bond donors (Lipinski definition) is 1. The van der Waals surface area contributed by atoms with Gasteiger partial charge in [0.1, 0.15) is 0 Å². The summed E-state index contributed by atoms with van der Waals surface area (Å²) in [4.78, 5) is 7.85. The van der Waals surface area contributed by atoms with Crippen LogP contribution in [0.15, 0.2) is 29.1 Å². The maximum atomic E-state index is 5.36. The van der Waals surface area contributed by atoms with E-state index >= 15 is 0 Å². The number of aryl methyl sites for hydroxylation is 1. The molecule has 2 heterocycles. The van der Waals surface area contributed by atoms with Gasteiger partial charge in [0.05, 0.1) is 6.20 Å². The molecule has 0 aromatic carbocycles. The molecule has 0 aliphatic rings. The third-order valence-electron chi connectivity index (χ3n) is 1.68. The van der Waals surface area contributed by atoms with Crippen molar-refractivity contribution in [1.29, 1.82) is 0 Å². The molecule has 2 aromatic rings. The van der Waals surface area contributed by atoms with Crippen molar-refractivity contribution in [2.75, 3.05) is 5.73 Å². The highest BCUT2D eigenvalue weighted by Crippen LogP contribution is 2.20. The summed E-state index contributed by atoms with van der Waals surface area (Å²) >= 11 is 0. The van der Waals surface area contributed by atoms with Crippen LogP contribution in [0.25, 0.3) is 11.3 Å². The van der Waals surface area contributed by atoms with Crippen molar-refractivity contribution in [3.63, 3.8) is 0 Å². The van der Waals surface area contributed by atoms with Crippen molar-refractivity contribution in [1.82, 2.24) is 9.97 Å². The average Bonchev–Trinajstić information content (AvgIpc) is 2.52. The van der Waals surface area contributed by atoms with Gasteiger partial charge in [0.25, 0.3) is 6.01 Å². The maximum Gasteiger partial charge on any atom is 0.292 e. The number of rotatable bonds is 1. The molecule has 0 saturated heterocycles. The van der Waals surface area contributed by atoms with Gasteiger partial charge in [-0.1, -0.05) is 0 Å². The predicted molar refractivity (Wildman–Crippen MR) is 48.9 cm³/mol. The molecule has 0 atom stereocenters. The minimum atomic E-state index is 0.177. The number of hydrogen-bond acceptors (Lipinski definition) is 4. The molecule has 0 amide bonds. The molecule has 0 aliphatic carbocycles. The maximum absolute atomic E-state index is 5.36. The molecule has 0 bridgehead atoms. The van der Waals surface area contributed by atoms with Gasteiger partial charge in [-0.25, -0.2) is 4.98 Å². The molecule has 0 radical (unpaired) electrons. The number of aromatic nitrogens is 2. The Morgan fingerprint density at radius 2 is 2.15 bits per heavy atom. The summed E-state index contributed by atoms with van der Waals surface area (Å²) in [5.74, 6) is 0.647. The van der Waals surface area contributed by atoms with E-state index in [9.17, 15) is 0 Å². The van der Waals surface area contributed by atoms with E-state index in [-0.39, 0.29) is 6.01 Å². The molecule has 4 heteroatoms. The number of pyridine rings is 1. The van der Waals surface area contributed by atoms with Crippen LogP contribution in [0.5, 0.6) is 0 Å². The van der Waals surface area contributed by atoms with Crippen molar-refractivity contribution in [2.24, 2.45) is 0 Å². The van der Waals surface area contributed by atoms with Gasteiger partial charge in [-0.3, -0.25) is 4.98 Å². The van der Waals surface area contributed by atoms with E-state index in [1.54, 1.807) is 18.6 Å². The van der Waals surface area contributed by atoms with Gasteiger partial charge in [0.2, 0.25) is 0 Å². The molecular weight excluding hydrogens is 166 g/mol. The normalized spacial score (nSPS) is 10.2. The zero-order valence-corrected chi connectivity index (χ0v) is 7.19. The van der Waals surface area contributed by atoms with Crippen LogP contribution < -0.4 is 5.73 Å². The van der Waals surface area contributed by atoms with Gasteiger partial charge >= 0.3 is 0 Å². The Labute approximate surface area is 75.4 Å². The van der Waals surface area contributed by atoms with Crippen LogP contribution in [0.4, 0.5) is 6.01 Å². The van der Waals surface area contributed by atoms with Crippen LogP contribution in [0.1, 0.15) is 5.56 Å². The quantitative estimate of drug-likeness (QED) is 0.715. The monoisotopic (exact) mass is 175 g/mol. The SMILES string of the molecule is Cc1cncc(-c2cnc(N)o2)c1. The van der Waals surface area contributed by atoms with Crippen LogP contribution >= 0.6 is 0 Å². The minimum absolute atomic E-state index is 0.177. The fraction of sp³-hybridized carbons (Fsp3) is 0.111. The highest BCUT2D eigenvalue weighted by Gasteiger charge is 2.03. The van der Waals surface area contributed by atoms with Crippen molar-refractivity contribution in [2.45, 2.75) is 6.92 Å². The Hall–Kier alpha value is -1.84. The number of nitrogens with zero attached hydrogens (tertiary/aromatic N) is 2. The summed E-state index contributed by atoms with van der Waals surface area (Å²) in [5, 5.41) is 0. The summed E-state index contributed by atoms with van der Waals surface area (Å²) in [6, 6.07) is 2.14. The minimum Gasteiger partial charge on any atom is -0.424 e. The Bertz CT molecular complexity index is 422. The Balaban J connectivity index is 2.46. The summed E-state index contributed by atoms with van der Waals surface area (Å²) in [5.41, 5.74) is 7.32. The number of nitrogens with two attached hydrogens (primary N) is 1. The van der Waals surface area contributed by atoms with Gasteiger partial charge in [-0.15, -0.1) is 0 Å². The first-order chi connectivity index (χ1) is 6.25. The summed E-state index contributed by atoms with van der Waals surface area (Å²) in [6.45, 7) is 1.97. The molecule has 4 nitrogen and oxygen atoms in total. The molecular formula is C9H9N3O. The van der Waals surface area contributed by atoms with E-state index in [4.69, 9.17) is 10.2 Å². The van der Waals surface area contributed by atoms with E-state index in [1.807, 2.05) is 13.0 Å². The van der Waals surface area contributed by atoms with Gasteiger partial charge in [-0.2, -0.15) is 0 Å². The van der Waals surface area contributed by atoms with Gasteiger partial charge < -0.3 is 10.2 Å². The second-order valence-corrected chi connectivity index (χ2v) is 2.81. The lowest BCUT2D eigenvalue weighted by Gasteiger charge is -1.95. The zero-order chi connectivity index (χ0) is 9.26. The molecule has 2 rings (SSSR count). The van der Waals surface area contributed by atoms with E-state index in [2.05, 4.69) is 9.97 Å². The fourth-order valence-corrected chi connectivity index (χ4v) is 1.11. The van der Waals surface area contributed by atoms with Crippen LogP contribution in [0.3, 0.4) is 0 Å². The van der Waals surface area contributed by atoms with Gasteiger partial charge in [-0.05, 0) is 18.6 Å². The third-order valence-corrected chi connectivity index (χ3v) is 1.68. The van der Waals surface area contributed by atoms with E-state index in [0.29, 0.717) is 5.76 Å². The van der Waals surface area contributed by atoms with Crippen LogP contribution in [-0.2, 0) is 0 Å². The van der Waals surface area contributed by atoms with Crippen LogP contribution in [0.2, 0.25) is 0 Å². The number of anilines is 1. The van der Waals surface area contributed by atoms with Crippen molar-refractivity contribution >= 4 is 6.01 Å². The lowest BCUT2D eigenvalue weighted by Crippen LogP contribution is -1.81. The summed E-state index contributed by atoms with van der Waals surface area (Å²) < 4.78 is 5.15. The lowest BCUT2D eigenvalue weighted by atomic mass is 10.2. The van der Waals surface area contributed by atoms with Crippen molar-refractivity contribution < 1.29 is 4.42 Å². The van der Waals surface area contributed by atoms with E-state index < -0.39 is 0 Å². The molecule has 2 N–H and O–H groups in total. The van der Waals surface area contributed by atoms with E-state index in [1.165, 1.54) is 0 Å². The molecule has 0 spiro atoms. The highest BCUT2D eigenvalue weighted by molar-refractivity contribution is 5.56. The zero-order valence-electron chi connectivity index (χ0n) is 7.19. The second kappa shape index (κ2) is 2.90. The smallest absolute Gasteiger partial charge is 0.292 e. The number of nitrogen functional groups attached to an aromatic ring is 1.